The van der Waals surface area contributed by atoms with Crippen LogP contribution in [0.1, 0.15) is 23.2 Å². The summed E-state index contributed by atoms with van der Waals surface area (Å²) in [7, 11) is 8.31. The molecule has 2 heterocycles. The number of nitrogens with zero attached hydrogens (tertiary/aromatic N) is 3. The van der Waals surface area contributed by atoms with Gasteiger partial charge in [0.25, 0.3) is 5.91 Å². The minimum absolute atomic E-state index is 0.0659. The Morgan fingerprint density at radius 3 is 2.43 bits per heavy atom. The molecule has 0 spiro atoms. The van der Waals surface area contributed by atoms with E-state index in [2.05, 4.69) is 15.3 Å². The molecule has 1 N–H and O–H groups in total. The first-order chi connectivity index (χ1) is 14.5. The van der Waals surface area contributed by atoms with Gasteiger partial charge in [0.15, 0.2) is 17.3 Å². The third-order valence-corrected chi connectivity index (χ3v) is 4.87. The molecular formula is C21H28N4O5. The molecule has 1 aliphatic rings. The van der Waals surface area contributed by atoms with Crippen LogP contribution in [0.15, 0.2) is 18.3 Å². The van der Waals surface area contributed by atoms with Gasteiger partial charge in [-0.2, -0.15) is 0 Å². The van der Waals surface area contributed by atoms with Gasteiger partial charge in [0.05, 0.1) is 27.4 Å². The minimum atomic E-state index is -0.231. The van der Waals surface area contributed by atoms with Crippen LogP contribution in [-0.2, 0) is 4.74 Å². The van der Waals surface area contributed by atoms with Crippen LogP contribution in [0, 0.1) is 0 Å². The van der Waals surface area contributed by atoms with Crippen molar-refractivity contribution in [1.82, 2.24) is 15.3 Å². The largest absolute Gasteiger partial charge is 0.493 e. The Morgan fingerprint density at radius 1 is 1.20 bits per heavy atom. The van der Waals surface area contributed by atoms with Crippen molar-refractivity contribution in [1.29, 1.82) is 0 Å². The third-order valence-electron chi connectivity index (χ3n) is 4.87. The predicted octanol–water partition coefficient (Wildman–Crippen LogP) is 2.14. The van der Waals surface area contributed by atoms with Gasteiger partial charge >= 0.3 is 0 Å². The minimum Gasteiger partial charge on any atom is -0.493 e. The molecule has 1 aromatic carbocycles. The second-order valence-corrected chi connectivity index (χ2v) is 7.08. The summed E-state index contributed by atoms with van der Waals surface area (Å²) in [6.45, 7) is 1.22. The lowest BCUT2D eigenvalue weighted by Crippen LogP contribution is -2.33. The Balaban J connectivity index is 1.92. The molecule has 1 aliphatic heterocycles. The van der Waals surface area contributed by atoms with Gasteiger partial charge in [0.2, 0.25) is 5.75 Å². The quantitative estimate of drug-likeness (QED) is 0.699. The third kappa shape index (κ3) is 4.56. The van der Waals surface area contributed by atoms with Crippen molar-refractivity contribution in [2.75, 3.05) is 53.5 Å². The van der Waals surface area contributed by atoms with Gasteiger partial charge in [0.1, 0.15) is 11.4 Å². The smallest absolute Gasteiger partial charge is 0.256 e. The van der Waals surface area contributed by atoms with Gasteiger partial charge in [0, 0.05) is 39.0 Å². The maximum Gasteiger partial charge on any atom is 0.256 e. The fourth-order valence-electron chi connectivity index (χ4n) is 3.33. The van der Waals surface area contributed by atoms with E-state index >= 15 is 0 Å². The van der Waals surface area contributed by atoms with E-state index in [9.17, 15) is 4.79 Å². The SMILES string of the molecule is COc1cc(-c2ncc(C(=O)NCC3CCCO3)c(N(C)C)n2)cc(OC)c1OC. The molecule has 0 bridgehead atoms. The number of benzene rings is 1. The highest BCUT2D eigenvalue weighted by molar-refractivity contribution is 5.98. The van der Waals surface area contributed by atoms with Crippen molar-refractivity contribution in [3.8, 4) is 28.6 Å². The van der Waals surface area contributed by atoms with Crippen molar-refractivity contribution in [2.45, 2.75) is 18.9 Å². The lowest BCUT2D eigenvalue weighted by atomic mass is 10.1. The number of hydrogen-bond acceptors (Lipinski definition) is 8. The Kier molecular flexibility index (Phi) is 6.94. The molecule has 1 unspecified atom stereocenters. The highest BCUT2D eigenvalue weighted by atomic mass is 16.5. The summed E-state index contributed by atoms with van der Waals surface area (Å²) in [6, 6.07) is 3.54. The van der Waals surface area contributed by atoms with Crippen molar-refractivity contribution in [2.24, 2.45) is 0 Å². The number of rotatable bonds is 8. The molecule has 3 rings (SSSR count). The number of anilines is 1. The van der Waals surface area contributed by atoms with Crippen LogP contribution in [-0.4, -0.2) is 70.6 Å². The van der Waals surface area contributed by atoms with Crippen molar-refractivity contribution >= 4 is 11.7 Å². The Labute approximate surface area is 176 Å². The zero-order chi connectivity index (χ0) is 21.7. The van der Waals surface area contributed by atoms with Gasteiger partial charge in [-0.1, -0.05) is 0 Å². The number of ether oxygens (including phenoxy) is 4. The molecule has 0 radical (unpaired) electrons. The summed E-state index contributed by atoms with van der Waals surface area (Å²) in [6.07, 6.45) is 3.58. The van der Waals surface area contributed by atoms with E-state index in [0.29, 0.717) is 46.6 Å². The number of carbonyl (C=O) groups excluding carboxylic acids is 1. The highest BCUT2D eigenvalue weighted by Crippen LogP contribution is 2.40. The van der Waals surface area contributed by atoms with Gasteiger partial charge < -0.3 is 29.2 Å². The lowest BCUT2D eigenvalue weighted by Gasteiger charge is -2.18. The first kappa shape index (κ1) is 21.6. The number of nitrogens with one attached hydrogen (secondary N) is 1. The Morgan fingerprint density at radius 2 is 1.90 bits per heavy atom. The maximum absolute atomic E-state index is 12.7. The summed E-state index contributed by atoms with van der Waals surface area (Å²) in [4.78, 5) is 23.5. The van der Waals surface area contributed by atoms with Crippen LogP contribution in [0.25, 0.3) is 11.4 Å². The average Bonchev–Trinajstić information content (AvgIpc) is 3.29. The molecule has 0 saturated carbocycles. The molecule has 1 atom stereocenters. The molecular weight excluding hydrogens is 388 g/mol. The molecule has 9 heteroatoms. The van der Waals surface area contributed by atoms with Gasteiger partial charge in [-0.05, 0) is 25.0 Å². The van der Waals surface area contributed by atoms with Gasteiger partial charge in [-0.3, -0.25) is 4.79 Å². The lowest BCUT2D eigenvalue weighted by molar-refractivity contribution is 0.0857. The fraction of sp³-hybridized carbons (Fsp3) is 0.476. The monoisotopic (exact) mass is 416 g/mol. The molecule has 1 fully saturated rings. The van der Waals surface area contributed by atoms with E-state index in [4.69, 9.17) is 18.9 Å². The molecule has 162 valence electrons. The number of amides is 1. The first-order valence-electron chi connectivity index (χ1n) is 9.73. The van der Waals surface area contributed by atoms with E-state index in [0.717, 1.165) is 19.4 Å². The van der Waals surface area contributed by atoms with E-state index in [1.165, 1.54) is 6.20 Å². The Hall–Kier alpha value is -3.07. The Bertz CT molecular complexity index is 872. The zero-order valence-electron chi connectivity index (χ0n) is 18.0. The number of hydrogen-bond donors (Lipinski definition) is 1. The van der Waals surface area contributed by atoms with Crippen LogP contribution in [0.3, 0.4) is 0 Å². The number of aromatic nitrogens is 2. The van der Waals surface area contributed by atoms with Gasteiger partial charge in [-0.15, -0.1) is 0 Å². The molecule has 1 amide bonds. The second kappa shape index (κ2) is 9.62. The molecule has 9 nitrogen and oxygen atoms in total. The standard InChI is InChI=1S/C21H28N4O5/c1-25(2)20-15(21(26)23-11-14-7-6-8-30-14)12-22-19(24-20)13-9-16(27-3)18(29-5)17(10-13)28-4/h9-10,12,14H,6-8,11H2,1-5H3,(H,23,26). The van der Waals surface area contributed by atoms with Crippen LogP contribution < -0.4 is 24.4 Å². The molecule has 1 saturated heterocycles. The molecule has 0 aliphatic carbocycles. The summed E-state index contributed by atoms with van der Waals surface area (Å²) < 4.78 is 21.8. The second-order valence-electron chi connectivity index (χ2n) is 7.08. The molecule has 2 aromatic rings. The van der Waals surface area contributed by atoms with Crippen molar-refractivity contribution in [3.05, 3.63) is 23.9 Å². The summed E-state index contributed by atoms with van der Waals surface area (Å²) in [5.41, 5.74) is 1.08. The average molecular weight is 416 g/mol. The van der Waals surface area contributed by atoms with Crippen molar-refractivity contribution in [3.63, 3.8) is 0 Å². The normalized spacial score (nSPS) is 15.6. The molecule has 30 heavy (non-hydrogen) atoms. The number of carbonyl (C=O) groups is 1. The predicted molar refractivity (Wildman–Crippen MR) is 113 cm³/mol. The summed E-state index contributed by atoms with van der Waals surface area (Å²) >= 11 is 0. The van der Waals surface area contributed by atoms with Crippen molar-refractivity contribution < 1.29 is 23.7 Å². The summed E-state index contributed by atoms with van der Waals surface area (Å²) in [5.74, 6) is 2.21. The van der Waals surface area contributed by atoms with Crippen LogP contribution in [0.4, 0.5) is 5.82 Å². The maximum atomic E-state index is 12.7. The van der Waals surface area contributed by atoms with E-state index in [1.54, 1.807) is 38.4 Å². The van der Waals surface area contributed by atoms with E-state index in [1.807, 2.05) is 14.1 Å². The molecule has 1 aromatic heterocycles. The summed E-state index contributed by atoms with van der Waals surface area (Å²) in [5, 5.41) is 2.92. The van der Waals surface area contributed by atoms with Crippen LogP contribution >= 0.6 is 0 Å². The van der Waals surface area contributed by atoms with E-state index in [-0.39, 0.29) is 12.0 Å². The zero-order valence-corrected chi connectivity index (χ0v) is 18.0. The highest BCUT2D eigenvalue weighted by Gasteiger charge is 2.21. The van der Waals surface area contributed by atoms with E-state index < -0.39 is 0 Å². The fourth-order valence-corrected chi connectivity index (χ4v) is 3.33. The van der Waals surface area contributed by atoms with Crippen LogP contribution in [0.2, 0.25) is 0 Å². The topological polar surface area (TPSA) is 95.0 Å². The van der Waals surface area contributed by atoms with Crippen LogP contribution in [0.5, 0.6) is 17.2 Å². The first-order valence-corrected chi connectivity index (χ1v) is 9.73. The van der Waals surface area contributed by atoms with Gasteiger partial charge in [-0.25, -0.2) is 9.97 Å². The number of methoxy groups -OCH3 is 3.